The molecule has 3 unspecified atom stereocenters. The summed E-state index contributed by atoms with van der Waals surface area (Å²) in [5, 5.41) is 0. The molecule has 1 aromatic rings. The highest BCUT2D eigenvalue weighted by atomic mass is 31.0. The average molecular weight is 260 g/mol. The molecule has 1 heterocycles. The largest absolute Gasteiger partial charge is 0.311 e. The fraction of sp³-hybridized carbons (Fsp3) is 0. The van der Waals surface area contributed by atoms with Crippen molar-refractivity contribution in [1.82, 2.24) is 13.4 Å². The van der Waals surface area contributed by atoms with E-state index < -0.39 is 17.1 Å². The highest BCUT2D eigenvalue weighted by Crippen LogP contribution is 1.79. The third-order valence-corrected chi connectivity index (χ3v) is 3.03. The van der Waals surface area contributed by atoms with Gasteiger partial charge in [-0.3, -0.25) is 27.8 Å². The van der Waals surface area contributed by atoms with E-state index in [1.807, 2.05) is 0 Å². The summed E-state index contributed by atoms with van der Waals surface area (Å²) in [4.78, 5) is 34.9. The molecule has 0 aliphatic carbocycles. The van der Waals surface area contributed by atoms with Gasteiger partial charge in [0, 0.05) is 0 Å². The topological polar surface area (TPSA) is 66.0 Å². The highest BCUT2D eigenvalue weighted by Gasteiger charge is 2.12. The van der Waals surface area contributed by atoms with Gasteiger partial charge in [-0.15, -0.1) is 27.4 Å². The van der Waals surface area contributed by atoms with Crippen LogP contribution in [0.25, 0.3) is 0 Å². The van der Waals surface area contributed by atoms with Gasteiger partial charge < -0.3 is 0 Å². The Morgan fingerprint density at radius 1 is 0.667 bits per heavy atom. The SMILES string of the molecule is O=c1n(BP)c(=O)n(BP)c(=O)n1BP. The minimum Gasteiger partial charge on any atom is -0.294 e. The molecule has 1 aromatic heterocycles. The smallest absolute Gasteiger partial charge is 0.294 e. The number of hydrogen-bond acceptors (Lipinski definition) is 3. The van der Waals surface area contributed by atoms with Crippen LogP contribution in [0.4, 0.5) is 0 Å². The lowest BCUT2D eigenvalue weighted by molar-refractivity contribution is 0.763. The molecule has 0 saturated carbocycles. The van der Waals surface area contributed by atoms with E-state index >= 15 is 0 Å². The maximum atomic E-state index is 11.6. The number of nitrogens with zero attached hydrogens (tertiary/aromatic N) is 3. The van der Waals surface area contributed by atoms with Crippen molar-refractivity contribution in [2.24, 2.45) is 0 Å². The molecule has 0 N–H and O–H groups in total. The lowest BCUT2D eigenvalue weighted by atomic mass is 10.3. The molecule has 0 aromatic carbocycles. The van der Waals surface area contributed by atoms with E-state index in [-0.39, 0.29) is 21.4 Å². The Morgan fingerprint density at radius 3 is 1.00 bits per heavy atom. The van der Waals surface area contributed by atoms with Crippen LogP contribution in [0.5, 0.6) is 0 Å². The number of aromatic nitrogens is 3. The van der Waals surface area contributed by atoms with Gasteiger partial charge in [-0.25, -0.2) is 0 Å². The molecule has 0 radical (unpaired) electrons. The highest BCUT2D eigenvalue weighted by molar-refractivity contribution is 7.56. The molecule has 15 heavy (non-hydrogen) atoms. The molecule has 3 atom stereocenters. The van der Waals surface area contributed by atoms with Gasteiger partial charge in [0.1, 0.15) is 0 Å². The molecule has 0 amide bonds. The van der Waals surface area contributed by atoms with Crippen molar-refractivity contribution >= 4 is 48.8 Å². The first-order valence-electron chi connectivity index (χ1n) is 4.13. The molecule has 1 rings (SSSR count). The summed E-state index contributed by atoms with van der Waals surface area (Å²) < 4.78 is 3.00. The van der Waals surface area contributed by atoms with Crippen molar-refractivity contribution in [2.45, 2.75) is 0 Å². The summed E-state index contributed by atoms with van der Waals surface area (Å²) in [7, 11) is 7.38. The summed E-state index contributed by atoms with van der Waals surface area (Å²) in [6.07, 6.45) is 0. The number of hydrogen-bond donors (Lipinski definition) is 0. The average Bonchev–Trinajstić information content (AvgIpc) is 2.19. The van der Waals surface area contributed by atoms with E-state index in [2.05, 4.69) is 27.4 Å². The molecule has 12 heteroatoms. The van der Waals surface area contributed by atoms with Crippen LogP contribution in [0.15, 0.2) is 14.4 Å². The second-order valence-electron chi connectivity index (χ2n) is 2.68. The molecule has 0 fully saturated rings. The van der Waals surface area contributed by atoms with Gasteiger partial charge in [0.25, 0.3) is 21.4 Å². The van der Waals surface area contributed by atoms with Crippen molar-refractivity contribution in [3.8, 4) is 0 Å². The van der Waals surface area contributed by atoms with Gasteiger partial charge >= 0.3 is 17.1 Å². The van der Waals surface area contributed by atoms with Gasteiger partial charge in [-0.1, -0.05) is 0 Å². The van der Waals surface area contributed by atoms with E-state index in [4.69, 9.17) is 0 Å². The molecular weight excluding hydrogens is 251 g/mol. The van der Waals surface area contributed by atoms with Gasteiger partial charge in [0.05, 0.1) is 0 Å². The van der Waals surface area contributed by atoms with E-state index in [1.165, 1.54) is 0 Å². The first-order valence-corrected chi connectivity index (χ1v) is 6.58. The Morgan fingerprint density at radius 2 is 0.867 bits per heavy atom. The fourth-order valence-corrected chi connectivity index (χ4v) is 2.09. The van der Waals surface area contributed by atoms with E-state index in [0.29, 0.717) is 0 Å². The predicted octanol–water partition coefficient (Wildman–Crippen LogP) is -3.86. The van der Waals surface area contributed by atoms with Crippen molar-refractivity contribution in [2.75, 3.05) is 0 Å². The lowest BCUT2D eigenvalue weighted by Gasteiger charge is -2.09. The maximum Gasteiger partial charge on any atom is 0.311 e. The van der Waals surface area contributed by atoms with Crippen molar-refractivity contribution < 1.29 is 0 Å². The standard InChI is InChI=1S/C3H9B3N3O3P3/c10-1-7(4-13)2(11)9(6-15)3(12)8(1)5-14/h4-6H,13-15H2. The van der Waals surface area contributed by atoms with Crippen LogP contribution in [0, 0.1) is 0 Å². The third kappa shape index (κ3) is 2.20. The fourth-order valence-electron chi connectivity index (χ4n) is 1.15. The Hall–Kier alpha value is -0.105. The van der Waals surface area contributed by atoms with Gasteiger partial charge in [-0.05, 0) is 0 Å². The van der Waals surface area contributed by atoms with Crippen LogP contribution in [-0.2, 0) is 0 Å². The van der Waals surface area contributed by atoms with E-state index in [1.54, 1.807) is 0 Å². The monoisotopic (exact) mass is 261 g/mol. The second-order valence-corrected chi connectivity index (χ2v) is 3.77. The zero-order valence-corrected chi connectivity index (χ0v) is 11.4. The van der Waals surface area contributed by atoms with E-state index in [0.717, 1.165) is 13.4 Å². The van der Waals surface area contributed by atoms with Crippen LogP contribution >= 0.6 is 27.4 Å². The molecule has 6 nitrogen and oxygen atoms in total. The summed E-state index contributed by atoms with van der Waals surface area (Å²) in [6, 6.07) is 0. The van der Waals surface area contributed by atoms with Crippen LogP contribution in [0.3, 0.4) is 0 Å². The Bertz CT molecular complexity index is 429. The van der Waals surface area contributed by atoms with Crippen molar-refractivity contribution in [3.63, 3.8) is 0 Å². The Kier molecular flexibility index (Phi) is 4.57. The quantitative estimate of drug-likeness (QED) is 0.413. The van der Waals surface area contributed by atoms with Gasteiger partial charge in [-0.2, -0.15) is 0 Å². The minimum absolute atomic E-state index is 0.174. The van der Waals surface area contributed by atoms with Crippen LogP contribution in [0.1, 0.15) is 0 Å². The zero-order valence-electron chi connectivity index (χ0n) is 7.92. The molecule has 0 aliphatic heterocycles. The van der Waals surface area contributed by atoms with Crippen molar-refractivity contribution in [3.05, 3.63) is 31.5 Å². The summed E-state index contributed by atoms with van der Waals surface area (Å²) in [5.74, 6) is 0. The van der Waals surface area contributed by atoms with Crippen LogP contribution < -0.4 is 17.1 Å². The summed E-state index contributed by atoms with van der Waals surface area (Å²) >= 11 is 0. The lowest BCUT2D eigenvalue weighted by Crippen LogP contribution is -2.56. The van der Waals surface area contributed by atoms with Crippen molar-refractivity contribution in [1.29, 1.82) is 0 Å². The van der Waals surface area contributed by atoms with E-state index in [9.17, 15) is 14.4 Å². The van der Waals surface area contributed by atoms with Crippen LogP contribution in [-0.4, -0.2) is 34.8 Å². The Balaban J connectivity index is 3.82. The third-order valence-electron chi connectivity index (χ3n) is 1.93. The second kappa shape index (κ2) is 5.29. The normalized spacial score (nSPS) is 9.80. The first kappa shape index (κ1) is 13.0. The number of rotatable bonds is 3. The summed E-state index contributed by atoms with van der Waals surface area (Å²) in [6.45, 7) is 0. The van der Waals surface area contributed by atoms with Gasteiger partial charge in [0.2, 0.25) is 0 Å². The molecule has 0 bridgehead atoms. The maximum absolute atomic E-state index is 11.6. The van der Waals surface area contributed by atoms with Gasteiger partial charge in [0.15, 0.2) is 0 Å². The molecular formula is C3H9B3N3O3P3. The first-order chi connectivity index (χ1) is 7.08. The zero-order chi connectivity index (χ0) is 11.6. The molecule has 78 valence electrons. The molecule has 0 saturated heterocycles. The Labute approximate surface area is 94.1 Å². The molecule has 0 spiro atoms. The predicted molar refractivity (Wildman–Crippen MR) is 76.0 cm³/mol. The molecule has 0 aliphatic rings. The van der Waals surface area contributed by atoms with Crippen LogP contribution in [0.2, 0.25) is 0 Å². The minimum atomic E-state index is -0.579. The summed E-state index contributed by atoms with van der Waals surface area (Å²) in [5.41, 5.74) is -1.74.